The molecule has 420 valence electrons. The maximum absolute atomic E-state index is 13.6. The fourth-order valence-electron chi connectivity index (χ4n) is 16.3. The van der Waals surface area contributed by atoms with E-state index in [-0.39, 0.29) is 44.8 Å². The molecule has 19 heteroatoms. The van der Waals surface area contributed by atoms with Crippen molar-refractivity contribution in [2.45, 2.75) is 180 Å². The fraction of sp³-hybridized carbons (Fsp3) is 0.684. The van der Waals surface area contributed by atoms with E-state index in [9.17, 15) is 70.9 Å². The van der Waals surface area contributed by atoms with Crippen LogP contribution in [0.1, 0.15) is 113 Å². The third-order valence-corrected chi connectivity index (χ3v) is 20.8. The summed E-state index contributed by atoms with van der Waals surface area (Å²) in [5.41, 5.74) is 0.00659. The van der Waals surface area contributed by atoms with Crippen LogP contribution in [0.3, 0.4) is 0 Å². The van der Waals surface area contributed by atoms with Crippen molar-refractivity contribution >= 4 is 16.9 Å². The van der Waals surface area contributed by atoms with Crippen LogP contribution in [0.2, 0.25) is 0 Å². The lowest BCUT2D eigenvalue weighted by Gasteiger charge is -2.72. The highest BCUT2D eigenvalue weighted by Gasteiger charge is 2.72. The zero-order chi connectivity index (χ0) is 55.5. The number of phenolic OH excluding ortho intramolecular Hbond substituents is 4. The molecule has 0 spiro atoms. The molecule has 0 bridgehead atoms. The van der Waals surface area contributed by atoms with Gasteiger partial charge in [-0.15, -0.1) is 0 Å². The van der Waals surface area contributed by atoms with E-state index in [0.29, 0.717) is 23.7 Å². The summed E-state index contributed by atoms with van der Waals surface area (Å²) in [5, 5.41) is 123. The molecule has 2 aliphatic heterocycles. The molecule has 3 aromatic rings. The Bertz CT molecular complexity index is 2760. The van der Waals surface area contributed by atoms with E-state index in [1.54, 1.807) is 0 Å². The zero-order valence-corrected chi connectivity index (χ0v) is 44.3. The Morgan fingerprint density at radius 3 is 2.07 bits per heavy atom. The van der Waals surface area contributed by atoms with Crippen molar-refractivity contribution in [2.75, 3.05) is 6.61 Å². The predicted octanol–water partition coefficient (Wildman–Crippen LogP) is 5.40. The average molecular weight is 1070 g/mol. The van der Waals surface area contributed by atoms with Crippen LogP contribution in [-0.2, 0) is 19.0 Å². The summed E-state index contributed by atoms with van der Waals surface area (Å²) in [6.45, 7) is 19.7. The fourth-order valence-corrected chi connectivity index (χ4v) is 16.3. The standard InChI is InChI=1S/C30H48O3.C27H30O16/c1-18(2)19-10-15-30(25(32)33)17-16-28(6)20(24(19)30)8-9-22-27(5)13-12-23(31)26(3,4)21(27)11-14-29(22,28)7;1-8-17(32)20(35)22(37)26(40-8)39-7-15-18(33)21(36)23(38)27(42-15)43-25-19(34)16-13(31)5-10(28)6-14(16)41-24(25)9-2-3-11(29)12(30)4-9/h19-24,31H,1,8-17H2,2-7H3,(H,32,33);2-6,8,15,17-18,20-23,26-33,35-38H,7H2,1H3/t19-,20+,21-,22+,23-,24+,27-,28+,29+,30-;8-,15+,17-,18+,20+,21-,22+,23+,26+,27-/m00/s1. The number of aliphatic hydroxyl groups excluding tert-OH is 7. The van der Waals surface area contributed by atoms with Crippen molar-refractivity contribution in [1.82, 2.24) is 0 Å². The second kappa shape index (κ2) is 20.0. The molecule has 2 aromatic carbocycles. The van der Waals surface area contributed by atoms with Crippen molar-refractivity contribution in [3.05, 3.63) is 52.7 Å². The molecule has 1 aromatic heterocycles. The predicted molar refractivity (Wildman–Crippen MR) is 273 cm³/mol. The van der Waals surface area contributed by atoms with Crippen molar-refractivity contribution in [3.63, 3.8) is 0 Å². The highest BCUT2D eigenvalue weighted by atomic mass is 16.7. The van der Waals surface area contributed by atoms with Crippen LogP contribution in [0, 0.1) is 56.7 Å². The summed E-state index contributed by atoms with van der Waals surface area (Å²) in [5.74, 6) is -1.54. The molecular weight excluding hydrogens is 989 g/mol. The van der Waals surface area contributed by atoms with Gasteiger partial charge in [-0.3, -0.25) is 9.59 Å². The second-order valence-corrected chi connectivity index (χ2v) is 24.8. The normalized spacial score (nSPS) is 42.6. The number of phenols is 4. The Morgan fingerprint density at radius 1 is 0.711 bits per heavy atom. The maximum atomic E-state index is 13.6. The van der Waals surface area contributed by atoms with Crippen LogP contribution in [-0.4, -0.2) is 141 Å². The van der Waals surface area contributed by atoms with Gasteiger partial charge in [0.05, 0.1) is 24.2 Å². The van der Waals surface area contributed by atoms with Gasteiger partial charge in [0, 0.05) is 17.7 Å². The minimum absolute atomic E-state index is 0.0202. The quantitative estimate of drug-likeness (QED) is 0.0992. The second-order valence-electron chi connectivity index (χ2n) is 24.8. The minimum atomic E-state index is -1.97. The molecule has 76 heavy (non-hydrogen) atoms. The minimum Gasteiger partial charge on any atom is -0.508 e. The summed E-state index contributed by atoms with van der Waals surface area (Å²) in [4.78, 5) is 26.3. The van der Waals surface area contributed by atoms with Gasteiger partial charge >= 0.3 is 5.97 Å². The number of aliphatic carboxylic acids is 1. The topological polar surface area (TPSA) is 327 Å². The lowest BCUT2D eigenvalue weighted by Crippen LogP contribution is -2.67. The number of aromatic hydroxyl groups is 4. The van der Waals surface area contributed by atoms with E-state index < -0.39 is 125 Å². The van der Waals surface area contributed by atoms with E-state index in [1.807, 2.05) is 0 Å². The molecular formula is C57H78O19. The molecule has 7 fully saturated rings. The molecule has 0 radical (unpaired) electrons. The number of benzene rings is 2. The Hall–Kier alpha value is -4.54. The summed E-state index contributed by atoms with van der Waals surface area (Å²) >= 11 is 0. The van der Waals surface area contributed by atoms with Crippen molar-refractivity contribution in [3.8, 4) is 40.1 Å². The number of fused-ring (bicyclic) bond motifs is 8. The third kappa shape index (κ3) is 8.79. The van der Waals surface area contributed by atoms with E-state index in [2.05, 4.69) is 48.1 Å². The number of hydrogen-bond acceptors (Lipinski definition) is 18. The van der Waals surface area contributed by atoms with Gasteiger partial charge in [0.15, 0.2) is 23.5 Å². The number of carboxylic acids is 1. The molecule has 3 heterocycles. The van der Waals surface area contributed by atoms with Gasteiger partial charge in [0.2, 0.25) is 17.5 Å². The summed E-state index contributed by atoms with van der Waals surface area (Å²) < 4.78 is 27.8. The first-order chi connectivity index (χ1) is 35.5. The number of carboxylic acid groups (broad SMARTS) is 1. The molecule has 19 nitrogen and oxygen atoms in total. The van der Waals surface area contributed by atoms with Gasteiger partial charge in [-0.05, 0) is 148 Å². The monoisotopic (exact) mass is 1070 g/mol. The third-order valence-electron chi connectivity index (χ3n) is 20.8. The first-order valence-corrected chi connectivity index (χ1v) is 26.8. The summed E-state index contributed by atoms with van der Waals surface area (Å²) in [7, 11) is 0. The van der Waals surface area contributed by atoms with Crippen molar-refractivity contribution in [2.24, 2.45) is 56.7 Å². The lowest BCUT2D eigenvalue weighted by molar-refractivity contribution is -0.318. The number of aliphatic hydroxyl groups is 7. The van der Waals surface area contributed by atoms with Crippen LogP contribution in [0.4, 0.5) is 0 Å². The van der Waals surface area contributed by atoms with Gasteiger partial charge in [-0.1, -0.05) is 46.8 Å². The summed E-state index contributed by atoms with van der Waals surface area (Å²) in [6, 6.07) is 5.24. The molecule has 0 unspecified atom stereocenters. The van der Waals surface area contributed by atoms with E-state index >= 15 is 0 Å². The first-order valence-electron chi connectivity index (χ1n) is 26.8. The largest absolute Gasteiger partial charge is 0.508 e. The number of rotatable bonds is 8. The van der Waals surface area contributed by atoms with Gasteiger partial charge in [0.25, 0.3) is 0 Å². The Morgan fingerprint density at radius 2 is 1.39 bits per heavy atom. The lowest BCUT2D eigenvalue weighted by atomic mass is 9.32. The molecule has 10 rings (SSSR count). The van der Waals surface area contributed by atoms with Crippen LogP contribution in [0.5, 0.6) is 28.7 Å². The molecule has 0 amide bonds. The van der Waals surface area contributed by atoms with Gasteiger partial charge in [-0.25, -0.2) is 0 Å². The van der Waals surface area contributed by atoms with Crippen molar-refractivity contribution < 1.29 is 89.4 Å². The Balaban J connectivity index is 0.000000192. The van der Waals surface area contributed by atoms with Gasteiger partial charge in [0.1, 0.15) is 65.2 Å². The van der Waals surface area contributed by atoms with Gasteiger partial charge in [-0.2, -0.15) is 0 Å². The molecule has 2 saturated heterocycles. The highest BCUT2D eigenvalue weighted by Crippen LogP contribution is 2.77. The number of allylic oxidation sites excluding steroid dienone is 1. The Kier molecular flexibility index (Phi) is 14.8. The molecule has 20 atom stereocenters. The van der Waals surface area contributed by atoms with Crippen molar-refractivity contribution in [1.29, 1.82) is 0 Å². The molecule has 7 aliphatic rings. The van der Waals surface area contributed by atoms with E-state index in [1.165, 1.54) is 44.2 Å². The van der Waals surface area contributed by atoms with Crippen LogP contribution >= 0.6 is 0 Å². The number of ether oxygens (including phenoxy) is 4. The van der Waals surface area contributed by atoms with Crippen LogP contribution < -0.4 is 10.2 Å². The summed E-state index contributed by atoms with van der Waals surface area (Å²) in [6.07, 6.45) is -5.70. The van der Waals surface area contributed by atoms with Crippen LogP contribution in [0.25, 0.3) is 22.3 Å². The average Bonchev–Trinajstić information content (AvgIpc) is 3.94. The SMILES string of the molecule is C=C(C)[C@@H]1CC[C@]2(C(=O)O)CC[C@]3(C)[C@H](CC[C@@H]4[C@@]5(C)CC[C@H](O)C(C)(C)[C@@H]5CC[C@]43C)[C@@H]12.C[C@@H]1O[C@@H](OC[C@H]2O[C@@H](Oc3c(-c4ccc(O)c(O)c4)oc4cc(O)cc(O)c4c3=O)[C@H](O)[C@@H](O)[C@@H]2O)[C@H](O)[C@H](O)[C@H]1O. The molecule has 12 N–H and O–H groups in total. The Labute approximate surface area is 441 Å². The first kappa shape index (κ1) is 56.2. The number of carbonyl (C=O) groups is 1. The zero-order valence-electron chi connectivity index (χ0n) is 44.3. The number of hydrogen-bond donors (Lipinski definition) is 12. The van der Waals surface area contributed by atoms with Crippen LogP contribution in [0.15, 0.2) is 51.7 Å². The van der Waals surface area contributed by atoms with E-state index in [4.69, 9.17) is 23.4 Å². The van der Waals surface area contributed by atoms with Gasteiger partial charge < -0.3 is 84.6 Å². The maximum Gasteiger partial charge on any atom is 0.309 e. The highest BCUT2D eigenvalue weighted by molar-refractivity contribution is 5.88. The van der Waals surface area contributed by atoms with E-state index in [0.717, 1.165) is 62.8 Å². The molecule has 5 aliphatic carbocycles. The smallest absolute Gasteiger partial charge is 0.309 e. The molecule has 5 saturated carbocycles.